The molecule has 5 heteroatoms. The predicted octanol–water partition coefficient (Wildman–Crippen LogP) is 3.95. The highest BCUT2D eigenvalue weighted by Crippen LogP contribution is 2.27. The monoisotopic (exact) mass is 359 g/mol. The second-order valence-corrected chi connectivity index (χ2v) is 9.12. The minimum Gasteiger partial charge on any atom is -0.372 e. The van der Waals surface area contributed by atoms with Gasteiger partial charge in [0, 0.05) is 30.0 Å². The Bertz CT molecular complexity index is 624. The first kappa shape index (κ1) is 20.3. The summed E-state index contributed by atoms with van der Waals surface area (Å²) in [4.78, 5) is 26.8. The van der Waals surface area contributed by atoms with Crippen LogP contribution in [0.2, 0.25) is 0 Å². The first-order valence-corrected chi connectivity index (χ1v) is 9.54. The molecule has 0 saturated carbocycles. The zero-order chi connectivity index (χ0) is 19.4. The molecule has 1 aliphatic rings. The van der Waals surface area contributed by atoms with Gasteiger partial charge in [-0.1, -0.05) is 20.8 Å². The normalized spacial score (nSPS) is 15.5. The Labute approximate surface area is 157 Å². The molecule has 0 bridgehead atoms. The van der Waals surface area contributed by atoms with Crippen LogP contribution >= 0.6 is 0 Å². The maximum absolute atomic E-state index is 12.2. The van der Waals surface area contributed by atoms with Crippen molar-refractivity contribution in [2.75, 3.05) is 23.3 Å². The summed E-state index contributed by atoms with van der Waals surface area (Å²) in [5.41, 5.74) is 1.43. The summed E-state index contributed by atoms with van der Waals surface area (Å²) < 4.78 is 0. The molecule has 1 fully saturated rings. The number of rotatable bonds is 4. The first-order chi connectivity index (χ1) is 12.1. The van der Waals surface area contributed by atoms with E-state index in [9.17, 15) is 9.59 Å². The van der Waals surface area contributed by atoms with Gasteiger partial charge in [0.2, 0.25) is 0 Å². The van der Waals surface area contributed by atoms with Gasteiger partial charge in [0.25, 0.3) is 0 Å². The van der Waals surface area contributed by atoms with Crippen LogP contribution in [0.1, 0.15) is 60.3 Å². The number of nitrogens with zero attached hydrogens (tertiary/aromatic N) is 1. The highest BCUT2D eigenvalue weighted by molar-refractivity contribution is 6.39. The second kappa shape index (κ2) is 8.11. The number of amides is 2. The molecule has 144 valence electrons. The molecule has 2 N–H and O–H groups in total. The molecule has 2 rings (SSSR count). The number of carbonyl (C=O) groups is 2. The van der Waals surface area contributed by atoms with Gasteiger partial charge in [-0.3, -0.25) is 9.59 Å². The van der Waals surface area contributed by atoms with E-state index in [1.807, 2.05) is 38.1 Å². The van der Waals surface area contributed by atoms with Crippen molar-refractivity contribution < 1.29 is 9.59 Å². The number of piperidine rings is 1. The summed E-state index contributed by atoms with van der Waals surface area (Å²) in [7, 11) is 0. The van der Waals surface area contributed by atoms with Crippen LogP contribution in [0.15, 0.2) is 24.3 Å². The van der Waals surface area contributed by atoms with Crippen molar-refractivity contribution in [3.63, 3.8) is 0 Å². The van der Waals surface area contributed by atoms with E-state index in [0.29, 0.717) is 5.69 Å². The van der Waals surface area contributed by atoms with Crippen molar-refractivity contribution in [2.45, 2.75) is 65.8 Å². The van der Waals surface area contributed by atoms with Crippen LogP contribution in [0.5, 0.6) is 0 Å². The van der Waals surface area contributed by atoms with Crippen molar-refractivity contribution in [1.29, 1.82) is 0 Å². The number of nitrogens with one attached hydrogen (secondary N) is 2. The fourth-order valence-corrected chi connectivity index (χ4v) is 3.83. The summed E-state index contributed by atoms with van der Waals surface area (Å²) in [5.74, 6) is -1.22. The Morgan fingerprint density at radius 2 is 1.50 bits per heavy atom. The molecule has 0 spiro atoms. The lowest BCUT2D eigenvalue weighted by atomic mass is 9.82. The molecule has 1 saturated heterocycles. The third-order valence-electron chi connectivity index (χ3n) is 4.48. The van der Waals surface area contributed by atoms with Gasteiger partial charge in [-0.15, -0.1) is 0 Å². The summed E-state index contributed by atoms with van der Waals surface area (Å²) in [6, 6.07) is 7.72. The largest absolute Gasteiger partial charge is 0.372 e. The molecule has 1 aromatic rings. The molecule has 0 aromatic heterocycles. The molecule has 0 atom stereocenters. The van der Waals surface area contributed by atoms with Crippen molar-refractivity contribution in [1.82, 2.24) is 5.32 Å². The minimum absolute atomic E-state index is 0.0670. The Hall–Kier alpha value is -2.04. The summed E-state index contributed by atoms with van der Waals surface area (Å²) in [6.45, 7) is 12.4. The van der Waals surface area contributed by atoms with Gasteiger partial charge in [0.1, 0.15) is 0 Å². The lowest BCUT2D eigenvalue weighted by molar-refractivity contribution is -0.137. The average Bonchev–Trinajstić information content (AvgIpc) is 2.53. The highest BCUT2D eigenvalue weighted by atomic mass is 16.2. The van der Waals surface area contributed by atoms with Gasteiger partial charge < -0.3 is 15.5 Å². The van der Waals surface area contributed by atoms with Crippen LogP contribution in [-0.2, 0) is 9.59 Å². The molecule has 0 radical (unpaired) electrons. The fourth-order valence-electron chi connectivity index (χ4n) is 3.83. The first-order valence-electron chi connectivity index (χ1n) is 9.54. The van der Waals surface area contributed by atoms with E-state index in [0.717, 1.165) is 19.5 Å². The molecule has 5 nitrogen and oxygen atoms in total. The van der Waals surface area contributed by atoms with Crippen LogP contribution in [0, 0.1) is 5.41 Å². The van der Waals surface area contributed by atoms with Crippen molar-refractivity contribution in [3.05, 3.63) is 24.3 Å². The van der Waals surface area contributed by atoms with Crippen molar-refractivity contribution >= 4 is 23.2 Å². The maximum atomic E-state index is 12.2. The third kappa shape index (κ3) is 6.36. The van der Waals surface area contributed by atoms with Crippen molar-refractivity contribution in [3.8, 4) is 0 Å². The molecular formula is C21H33N3O2. The highest BCUT2D eigenvalue weighted by Gasteiger charge is 2.29. The zero-order valence-electron chi connectivity index (χ0n) is 16.8. The second-order valence-electron chi connectivity index (χ2n) is 9.12. The Balaban J connectivity index is 1.91. The van der Waals surface area contributed by atoms with Gasteiger partial charge in [0.05, 0.1) is 0 Å². The lowest BCUT2D eigenvalue weighted by Gasteiger charge is -2.33. The minimum atomic E-state index is -0.627. The molecule has 2 amide bonds. The third-order valence-corrected chi connectivity index (χ3v) is 4.48. The standard InChI is InChI=1S/C21H33N3O2/c1-20(2,3)15-21(4,5)23-19(26)18(25)22-16-9-11-17(12-10-16)24-13-7-6-8-14-24/h9-12H,6-8,13-15H2,1-5H3,(H,22,25)(H,23,26). The Kier molecular flexibility index (Phi) is 6.32. The predicted molar refractivity (Wildman–Crippen MR) is 107 cm³/mol. The number of hydrogen-bond acceptors (Lipinski definition) is 3. The van der Waals surface area contributed by atoms with E-state index in [4.69, 9.17) is 0 Å². The summed E-state index contributed by atoms with van der Waals surface area (Å²) in [5, 5.41) is 5.52. The van der Waals surface area contributed by atoms with Gasteiger partial charge in [0.15, 0.2) is 0 Å². The molecule has 0 aliphatic carbocycles. The van der Waals surface area contributed by atoms with E-state index in [1.54, 1.807) is 0 Å². The Morgan fingerprint density at radius 3 is 2.04 bits per heavy atom. The average molecular weight is 360 g/mol. The SMILES string of the molecule is CC(C)(C)CC(C)(C)NC(=O)C(=O)Nc1ccc(N2CCCCC2)cc1. The van der Waals surface area contributed by atoms with Crippen LogP contribution in [0.3, 0.4) is 0 Å². The summed E-state index contributed by atoms with van der Waals surface area (Å²) >= 11 is 0. The van der Waals surface area contributed by atoms with E-state index < -0.39 is 17.4 Å². The van der Waals surface area contributed by atoms with Gasteiger partial charge in [-0.2, -0.15) is 0 Å². The van der Waals surface area contributed by atoms with Gasteiger partial charge >= 0.3 is 11.8 Å². The van der Waals surface area contributed by atoms with Crippen LogP contribution in [0.4, 0.5) is 11.4 Å². The zero-order valence-corrected chi connectivity index (χ0v) is 16.8. The molecule has 1 heterocycles. The van der Waals surface area contributed by atoms with Crippen molar-refractivity contribution in [2.24, 2.45) is 5.41 Å². The maximum Gasteiger partial charge on any atom is 0.313 e. The van der Waals surface area contributed by atoms with E-state index in [1.165, 1.54) is 24.9 Å². The topological polar surface area (TPSA) is 61.4 Å². The molecular weight excluding hydrogens is 326 g/mol. The smallest absolute Gasteiger partial charge is 0.313 e. The van der Waals surface area contributed by atoms with Crippen LogP contribution in [0.25, 0.3) is 0 Å². The van der Waals surface area contributed by atoms with E-state index in [2.05, 4.69) is 36.3 Å². The molecule has 0 unspecified atom stereocenters. The van der Waals surface area contributed by atoms with E-state index in [-0.39, 0.29) is 5.41 Å². The summed E-state index contributed by atoms with van der Waals surface area (Å²) in [6.07, 6.45) is 4.53. The Morgan fingerprint density at radius 1 is 0.923 bits per heavy atom. The van der Waals surface area contributed by atoms with Crippen LogP contribution < -0.4 is 15.5 Å². The number of hydrogen-bond donors (Lipinski definition) is 2. The molecule has 1 aromatic carbocycles. The molecule has 26 heavy (non-hydrogen) atoms. The fraction of sp³-hybridized carbons (Fsp3) is 0.619. The number of carbonyl (C=O) groups excluding carboxylic acids is 2. The lowest BCUT2D eigenvalue weighted by Crippen LogP contribution is -2.49. The van der Waals surface area contributed by atoms with E-state index >= 15 is 0 Å². The van der Waals surface area contributed by atoms with Gasteiger partial charge in [-0.05, 0) is 69.2 Å². The molecule has 1 aliphatic heterocycles. The van der Waals surface area contributed by atoms with Gasteiger partial charge in [-0.25, -0.2) is 0 Å². The van der Waals surface area contributed by atoms with Crippen LogP contribution in [-0.4, -0.2) is 30.4 Å². The quantitative estimate of drug-likeness (QED) is 0.800. The number of benzene rings is 1. The number of anilines is 2.